The van der Waals surface area contributed by atoms with Crippen LogP contribution in [0.3, 0.4) is 0 Å². The molecule has 3 nitrogen and oxygen atoms in total. The molecular weight excluding hydrogens is 192 g/mol. The molecule has 0 atom stereocenters. The van der Waals surface area contributed by atoms with Crippen LogP contribution in [0.15, 0.2) is 30.3 Å². The molecule has 0 aliphatic rings. The van der Waals surface area contributed by atoms with Crippen molar-refractivity contribution in [2.75, 3.05) is 0 Å². The van der Waals surface area contributed by atoms with Crippen LogP contribution in [-0.2, 0) is 11.2 Å². The first-order valence-electron chi connectivity index (χ1n) is 3.90. The Bertz CT molecular complexity index is 314. The van der Waals surface area contributed by atoms with Crippen molar-refractivity contribution < 1.29 is 18.3 Å². The lowest BCUT2D eigenvalue weighted by atomic mass is 10.1. The van der Waals surface area contributed by atoms with Crippen molar-refractivity contribution in [3.8, 4) is 0 Å². The number of halogens is 2. The van der Waals surface area contributed by atoms with E-state index in [-0.39, 0.29) is 0 Å². The first-order valence-corrected chi connectivity index (χ1v) is 3.90. The van der Waals surface area contributed by atoms with Crippen molar-refractivity contribution in [2.24, 2.45) is 5.73 Å². The largest absolute Gasteiger partial charge is 0.409 e. The highest BCUT2D eigenvalue weighted by atomic mass is 19.3. The Morgan fingerprint density at radius 2 is 1.93 bits per heavy atom. The van der Waals surface area contributed by atoms with Gasteiger partial charge in [-0.2, -0.15) is 8.78 Å². The number of primary amides is 1. The molecule has 0 spiro atoms. The van der Waals surface area contributed by atoms with Crippen molar-refractivity contribution in [1.82, 2.24) is 0 Å². The summed E-state index contributed by atoms with van der Waals surface area (Å²) in [5, 5.41) is 0. The fourth-order valence-electron chi connectivity index (χ4n) is 1.02. The zero-order valence-corrected chi connectivity index (χ0v) is 7.24. The van der Waals surface area contributed by atoms with E-state index < -0.39 is 18.6 Å². The zero-order chi connectivity index (χ0) is 10.6. The van der Waals surface area contributed by atoms with Crippen molar-refractivity contribution in [3.63, 3.8) is 0 Å². The van der Waals surface area contributed by atoms with E-state index in [1.54, 1.807) is 18.2 Å². The van der Waals surface area contributed by atoms with Gasteiger partial charge in [-0.15, -0.1) is 0 Å². The van der Waals surface area contributed by atoms with Crippen LogP contribution in [-0.4, -0.2) is 12.2 Å². The minimum atomic E-state index is -3.55. The third-order valence-electron chi connectivity index (χ3n) is 1.50. The highest BCUT2D eigenvalue weighted by Crippen LogP contribution is 2.21. The molecule has 0 aliphatic heterocycles. The molecule has 0 unspecified atom stereocenters. The molecule has 14 heavy (non-hydrogen) atoms. The van der Waals surface area contributed by atoms with E-state index in [0.717, 1.165) is 0 Å². The molecule has 0 bridgehead atoms. The summed E-state index contributed by atoms with van der Waals surface area (Å²) >= 11 is 0. The molecule has 1 amide bonds. The fourth-order valence-corrected chi connectivity index (χ4v) is 1.02. The first kappa shape index (κ1) is 10.4. The van der Waals surface area contributed by atoms with E-state index >= 15 is 0 Å². The van der Waals surface area contributed by atoms with Gasteiger partial charge in [0.1, 0.15) is 0 Å². The molecule has 0 fully saturated rings. The molecule has 2 N–H and O–H groups in total. The lowest BCUT2D eigenvalue weighted by molar-refractivity contribution is -0.194. The van der Waals surface area contributed by atoms with E-state index in [2.05, 4.69) is 10.5 Å². The summed E-state index contributed by atoms with van der Waals surface area (Å²) in [6.45, 7) is 0. The molecule has 1 aromatic carbocycles. The summed E-state index contributed by atoms with van der Waals surface area (Å²) in [6.07, 6.45) is -5.70. The SMILES string of the molecule is NC(=O)OC(F)(F)Cc1ccccc1. The van der Waals surface area contributed by atoms with Crippen LogP contribution in [0, 0.1) is 0 Å². The molecule has 1 rings (SSSR count). The number of amides is 1. The Morgan fingerprint density at radius 1 is 1.36 bits per heavy atom. The predicted molar refractivity (Wildman–Crippen MR) is 45.8 cm³/mol. The highest BCUT2D eigenvalue weighted by Gasteiger charge is 2.33. The predicted octanol–water partition coefficient (Wildman–Crippen LogP) is 1.92. The van der Waals surface area contributed by atoms with E-state index in [9.17, 15) is 13.6 Å². The molecule has 5 heteroatoms. The fraction of sp³-hybridized carbons (Fsp3) is 0.222. The number of hydrogen-bond donors (Lipinski definition) is 1. The minimum Gasteiger partial charge on any atom is -0.384 e. The Morgan fingerprint density at radius 3 is 2.43 bits per heavy atom. The van der Waals surface area contributed by atoms with E-state index in [1.807, 2.05) is 0 Å². The maximum atomic E-state index is 12.8. The number of hydrogen-bond acceptors (Lipinski definition) is 2. The van der Waals surface area contributed by atoms with Gasteiger partial charge in [0.05, 0.1) is 6.42 Å². The third-order valence-corrected chi connectivity index (χ3v) is 1.50. The summed E-state index contributed by atoms with van der Waals surface area (Å²) in [7, 11) is 0. The van der Waals surface area contributed by atoms with E-state index in [4.69, 9.17) is 0 Å². The van der Waals surface area contributed by atoms with Gasteiger partial charge in [-0.1, -0.05) is 30.3 Å². The molecule has 0 saturated heterocycles. The normalized spacial score (nSPS) is 11.0. The second-order valence-electron chi connectivity index (χ2n) is 2.72. The maximum Gasteiger partial charge on any atom is 0.409 e. The van der Waals surface area contributed by atoms with Crippen LogP contribution < -0.4 is 5.73 Å². The smallest absolute Gasteiger partial charge is 0.384 e. The van der Waals surface area contributed by atoms with Crippen molar-refractivity contribution in [3.05, 3.63) is 35.9 Å². The summed E-state index contributed by atoms with van der Waals surface area (Å²) in [5.41, 5.74) is 4.86. The Hall–Kier alpha value is -1.65. The number of benzene rings is 1. The summed E-state index contributed by atoms with van der Waals surface area (Å²) in [4.78, 5) is 10.1. The number of rotatable bonds is 3. The quantitative estimate of drug-likeness (QED) is 0.812. The van der Waals surface area contributed by atoms with E-state index in [0.29, 0.717) is 5.56 Å². The van der Waals surface area contributed by atoms with Gasteiger partial charge >= 0.3 is 12.2 Å². The Labute approximate surface area is 79.5 Å². The van der Waals surface area contributed by atoms with Gasteiger partial charge in [0.2, 0.25) is 0 Å². The second-order valence-corrected chi connectivity index (χ2v) is 2.72. The number of carbonyl (C=O) groups is 1. The van der Waals surface area contributed by atoms with Crippen LogP contribution >= 0.6 is 0 Å². The molecule has 1 aromatic rings. The van der Waals surface area contributed by atoms with Gasteiger partial charge in [0.25, 0.3) is 0 Å². The summed E-state index contributed by atoms with van der Waals surface area (Å²) < 4.78 is 29.3. The van der Waals surface area contributed by atoms with Gasteiger partial charge in [-0.3, -0.25) is 0 Å². The highest BCUT2D eigenvalue weighted by molar-refractivity contribution is 5.64. The van der Waals surface area contributed by atoms with Crippen LogP contribution in [0.25, 0.3) is 0 Å². The number of alkyl halides is 2. The zero-order valence-electron chi connectivity index (χ0n) is 7.24. The van der Waals surface area contributed by atoms with Crippen LogP contribution in [0.4, 0.5) is 13.6 Å². The average molecular weight is 201 g/mol. The van der Waals surface area contributed by atoms with Crippen molar-refractivity contribution >= 4 is 6.09 Å². The lowest BCUT2D eigenvalue weighted by Crippen LogP contribution is -2.30. The first-order chi connectivity index (χ1) is 6.49. The molecular formula is C9H9F2NO2. The average Bonchev–Trinajstić information content (AvgIpc) is 2.02. The van der Waals surface area contributed by atoms with Gasteiger partial charge in [0, 0.05) is 0 Å². The molecule has 0 radical (unpaired) electrons. The molecule has 0 heterocycles. The number of nitrogens with two attached hydrogens (primary N) is 1. The van der Waals surface area contributed by atoms with Crippen molar-refractivity contribution in [2.45, 2.75) is 12.5 Å². The van der Waals surface area contributed by atoms with Gasteiger partial charge in [0.15, 0.2) is 0 Å². The minimum absolute atomic E-state index is 0.374. The Balaban J connectivity index is 2.63. The molecule has 76 valence electrons. The third kappa shape index (κ3) is 3.38. The van der Waals surface area contributed by atoms with Crippen LogP contribution in [0.5, 0.6) is 0 Å². The molecule has 0 aliphatic carbocycles. The van der Waals surface area contributed by atoms with E-state index in [1.165, 1.54) is 12.1 Å². The van der Waals surface area contributed by atoms with Gasteiger partial charge in [-0.05, 0) is 5.56 Å². The van der Waals surface area contributed by atoms with Gasteiger partial charge < -0.3 is 10.5 Å². The number of ether oxygens (including phenoxy) is 1. The summed E-state index contributed by atoms with van der Waals surface area (Å²) in [5.74, 6) is 0. The topological polar surface area (TPSA) is 52.3 Å². The number of carbonyl (C=O) groups excluding carboxylic acids is 1. The molecule has 0 saturated carbocycles. The lowest BCUT2D eigenvalue weighted by Gasteiger charge is -2.14. The Kier molecular flexibility index (Phi) is 3.01. The van der Waals surface area contributed by atoms with Crippen molar-refractivity contribution in [1.29, 1.82) is 0 Å². The maximum absolute atomic E-state index is 12.8. The summed E-state index contributed by atoms with van der Waals surface area (Å²) in [6, 6.07) is 7.97. The van der Waals surface area contributed by atoms with Gasteiger partial charge in [-0.25, -0.2) is 4.79 Å². The monoisotopic (exact) mass is 201 g/mol. The molecule has 0 aromatic heterocycles. The van der Waals surface area contributed by atoms with Crippen LogP contribution in [0.1, 0.15) is 5.56 Å². The standard InChI is InChI=1S/C9H9F2NO2/c10-9(11,14-8(12)13)6-7-4-2-1-3-5-7/h1-5H,6H2,(H2,12,13). The van der Waals surface area contributed by atoms with Crippen LogP contribution in [0.2, 0.25) is 0 Å². The second kappa shape index (κ2) is 4.04.